The van der Waals surface area contributed by atoms with Crippen molar-refractivity contribution in [1.82, 2.24) is 10.2 Å². The van der Waals surface area contributed by atoms with Gasteiger partial charge in [0.15, 0.2) is 22.3 Å². The fourth-order valence-corrected chi connectivity index (χ4v) is 4.39. The molecule has 0 aromatic heterocycles. The number of rotatable bonds is 9. The zero-order chi connectivity index (χ0) is 21.0. The number of para-hydroxylation sites is 1. The molecule has 3 atom stereocenters. The molecule has 0 saturated carbocycles. The molecule has 3 unspecified atom stereocenters. The van der Waals surface area contributed by atoms with Crippen LogP contribution in [0.3, 0.4) is 0 Å². The van der Waals surface area contributed by atoms with Crippen LogP contribution in [0.4, 0.5) is 0 Å². The van der Waals surface area contributed by atoms with Crippen molar-refractivity contribution in [2.24, 2.45) is 5.92 Å². The van der Waals surface area contributed by atoms with Crippen molar-refractivity contribution in [3.8, 4) is 11.5 Å². The molecule has 3 rings (SSSR count). The van der Waals surface area contributed by atoms with Gasteiger partial charge in [-0.2, -0.15) is 0 Å². The van der Waals surface area contributed by atoms with Crippen LogP contribution in [0.5, 0.6) is 11.5 Å². The van der Waals surface area contributed by atoms with Gasteiger partial charge in [0.25, 0.3) is 0 Å². The highest BCUT2D eigenvalue weighted by atomic mass is 32.1. The van der Waals surface area contributed by atoms with Crippen LogP contribution in [-0.2, 0) is 14.3 Å². The summed E-state index contributed by atoms with van der Waals surface area (Å²) in [5, 5.41) is 3.87. The van der Waals surface area contributed by atoms with Crippen molar-refractivity contribution in [2.75, 3.05) is 33.5 Å². The molecule has 7 nitrogen and oxygen atoms in total. The average Bonchev–Trinajstić information content (AvgIpc) is 2.69. The Morgan fingerprint density at radius 1 is 1.48 bits per heavy atom. The van der Waals surface area contributed by atoms with Crippen LogP contribution in [0.15, 0.2) is 30.9 Å². The topological polar surface area (TPSA) is 69.3 Å². The van der Waals surface area contributed by atoms with E-state index in [1.54, 1.807) is 13.2 Å². The number of carbonyl (C=O) groups is 1. The van der Waals surface area contributed by atoms with Gasteiger partial charge in [0.1, 0.15) is 12.5 Å². The van der Waals surface area contributed by atoms with Crippen LogP contribution in [0.25, 0.3) is 0 Å². The number of fused-ring (bicyclic) bond motifs is 4. The summed E-state index contributed by atoms with van der Waals surface area (Å²) in [5.74, 6) is 0.282. The Hall–Kier alpha value is -2.32. The number of nitrogens with zero attached hydrogens (tertiary/aromatic N) is 1. The Morgan fingerprint density at radius 2 is 2.28 bits per heavy atom. The molecule has 1 aromatic rings. The van der Waals surface area contributed by atoms with E-state index in [4.69, 9.17) is 31.2 Å². The van der Waals surface area contributed by atoms with Crippen LogP contribution in [0, 0.1) is 5.92 Å². The maximum atomic E-state index is 13.1. The monoisotopic (exact) mass is 420 g/mol. The first kappa shape index (κ1) is 21.4. The molecule has 29 heavy (non-hydrogen) atoms. The van der Waals surface area contributed by atoms with E-state index < -0.39 is 11.6 Å². The number of ether oxygens (including phenoxy) is 4. The van der Waals surface area contributed by atoms with Crippen molar-refractivity contribution in [3.05, 3.63) is 36.4 Å². The first-order valence-electron chi connectivity index (χ1n) is 9.77. The van der Waals surface area contributed by atoms with Gasteiger partial charge in [-0.15, -0.1) is 0 Å². The molecule has 1 aromatic carbocycles. The van der Waals surface area contributed by atoms with Gasteiger partial charge in [-0.25, -0.2) is 0 Å². The molecular formula is C21H28N2O5S. The Morgan fingerprint density at radius 3 is 2.97 bits per heavy atom. The van der Waals surface area contributed by atoms with Gasteiger partial charge < -0.3 is 29.2 Å². The predicted molar refractivity (Wildman–Crippen MR) is 113 cm³/mol. The van der Waals surface area contributed by atoms with Crippen molar-refractivity contribution in [1.29, 1.82) is 0 Å². The van der Waals surface area contributed by atoms with Gasteiger partial charge in [-0.05, 0) is 38.6 Å². The second-order valence-corrected chi connectivity index (χ2v) is 7.47. The van der Waals surface area contributed by atoms with E-state index in [1.807, 2.05) is 36.9 Å². The van der Waals surface area contributed by atoms with Gasteiger partial charge in [-0.3, -0.25) is 4.79 Å². The molecule has 2 bridgehead atoms. The lowest BCUT2D eigenvalue weighted by molar-refractivity contribution is -0.175. The lowest BCUT2D eigenvalue weighted by atomic mass is 9.79. The van der Waals surface area contributed by atoms with Gasteiger partial charge >= 0.3 is 5.97 Å². The molecular weight excluding hydrogens is 392 g/mol. The smallest absolute Gasteiger partial charge is 0.317 e. The second-order valence-electron chi connectivity index (χ2n) is 7.09. The fraction of sp³-hybridized carbons (Fsp3) is 0.524. The molecule has 2 aliphatic rings. The first-order valence-corrected chi connectivity index (χ1v) is 10.2. The van der Waals surface area contributed by atoms with Gasteiger partial charge in [0.2, 0.25) is 0 Å². The van der Waals surface area contributed by atoms with E-state index in [0.717, 1.165) is 12.0 Å². The Balaban J connectivity index is 2.06. The van der Waals surface area contributed by atoms with Crippen LogP contribution in [-0.4, -0.2) is 55.2 Å². The standard InChI is InChI=1S/C21H28N2O5S/c1-5-12-27-19(24)16-17-14-9-7-10-15(26-6-2)18(14)28-21(16,3)23(20(29)22-17)11-8-13-25-4/h5,7,9-10,16-17H,1,6,8,11-13H2,2-4H3,(H,22,29). The Labute approximate surface area is 176 Å². The molecule has 0 spiro atoms. The first-order chi connectivity index (χ1) is 14.0. The Kier molecular flexibility index (Phi) is 6.64. The number of esters is 1. The van der Waals surface area contributed by atoms with E-state index >= 15 is 0 Å². The van der Waals surface area contributed by atoms with Crippen molar-refractivity contribution >= 4 is 23.3 Å². The highest BCUT2D eigenvalue weighted by molar-refractivity contribution is 7.80. The Bertz CT molecular complexity index is 786. The van der Waals surface area contributed by atoms with Crippen LogP contribution >= 0.6 is 12.2 Å². The molecule has 1 fully saturated rings. The number of hydrogen-bond donors (Lipinski definition) is 1. The summed E-state index contributed by atoms with van der Waals surface area (Å²) in [4.78, 5) is 15.0. The second kappa shape index (κ2) is 9.00. The van der Waals surface area contributed by atoms with Crippen molar-refractivity contribution in [2.45, 2.75) is 32.0 Å². The van der Waals surface area contributed by atoms with Crippen LogP contribution < -0.4 is 14.8 Å². The summed E-state index contributed by atoms with van der Waals surface area (Å²) >= 11 is 5.64. The minimum atomic E-state index is -1.03. The zero-order valence-electron chi connectivity index (χ0n) is 17.1. The summed E-state index contributed by atoms with van der Waals surface area (Å²) in [6.07, 6.45) is 2.28. The molecule has 158 valence electrons. The molecule has 1 saturated heterocycles. The van der Waals surface area contributed by atoms with E-state index in [1.165, 1.54) is 0 Å². The van der Waals surface area contributed by atoms with E-state index in [-0.39, 0.29) is 18.6 Å². The summed E-state index contributed by atoms with van der Waals surface area (Å²) in [5.41, 5.74) is -0.202. The summed E-state index contributed by atoms with van der Waals surface area (Å²) < 4.78 is 22.9. The third-order valence-corrected chi connectivity index (χ3v) is 5.59. The van der Waals surface area contributed by atoms with E-state index in [9.17, 15) is 4.79 Å². The molecule has 0 amide bonds. The minimum Gasteiger partial charge on any atom is -0.490 e. The third kappa shape index (κ3) is 3.91. The summed E-state index contributed by atoms with van der Waals surface area (Å²) in [7, 11) is 1.65. The average molecular weight is 421 g/mol. The quantitative estimate of drug-likeness (QED) is 0.283. The largest absolute Gasteiger partial charge is 0.490 e. The highest BCUT2D eigenvalue weighted by Crippen LogP contribution is 2.51. The van der Waals surface area contributed by atoms with Gasteiger partial charge in [0, 0.05) is 25.8 Å². The van der Waals surface area contributed by atoms with Gasteiger partial charge in [-0.1, -0.05) is 24.8 Å². The molecule has 1 N–H and O–H groups in total. The van der Waals surface area contributed by atoms with Gasteiger partial charge in [0.05, 0.1) is 12.6 Å². The predicted octanol–water partition coefficient (Wildman–Crippen LogP) is 2.81. The lowest BCUT2D eigenvalue weighted by Gasteiger charge is -2.55. The maximum absolute atomic E-state index is 13.1. The highest BCUT2D eigenvalue weighted by Gasteiger charge is 2.59. The summed E-state index contributed by atoms with van der Waals surface area (Å²) in [6, 6.07) is 5.29. The molecule has 0 aliphatic carbocycles. The SMILES string of the molecule is C=CCOC(=O)C1C2NC(=S)N(CCCOC)C1(C)Oc1c(OCC)cccc12. The molecule has 2 aliphatic heterocycles. The summed E-state index contributed by atoms with van der Waals surface area (Å²) in [6.45, 7) is 9.22. The fourth-order valence-electron chi connectivity index (χ4n) is 3.99. The normalized spacial score (nSPS) is 24.8. The number of benzene rings is 1. The molecule has 8 heteroatoms. The van der Waals surface area contributed by atoms with Crippen molar-refractivity contribution < 1.29 is 23.7 Å². The number of nitrogens with one attached hydrogen (secondary N) is 1. The number of hydrogen-bond acceptors (Lipinski definition) is 6. The minimum absolute atomic E-state index is 0.137. The number of methoxy groups -OCH3 is 1. The van der Waals surface area contributed by atoms with Crippen LogP contribution in [0.2, 0.25) is 0 Å². The maximum Gasteiger partial charge on any atom is 0.317 e. The molecule has 2 heterocycles. The third-order valence-electron chi connectivity index (χ3n) is 5.25. The number of carbonyl (C=O) groups excluding carboxylic acids is 1. The lowest BCUT2D eigenvalue weighted by Crippen LogP contribution is -2.71. The zero-order valence-corrected chi connectivity index (χ0v) is 17.9. The van der Waals surface area contributed by atoms with E-state index in [2.05, 4.69) is 11.9 Å². The number of thiocarbonyl (C=S) groups is 1. The van der Waals surface area contributed by atoms with Crippen LogP contribution in [0.1, 0.15) is 31.9 Å². The van der Waals surface area contributed by atoms with E-state index in [0.29, 0.717) is 36.4 Å². The molecule has 0 radical (unpaired) electrons. The van der Waals surface area contributed by atoms with Crippen molar-refractivity contribution in [3.63, 3.8) is 0 Å².